The molecule has 1 saturated heterocycles. The largest absolute Gasteiger partial charge is 0.497 e. The molecule has 5 heteroatoms. The second kappa shape index (κ2) is 7.84. The van der Waals surface area contributed by atoms with E-state index in [0.29, 0.717) is 11.9 Å². The molecule has 1 aliphatic heterocycles. The Hall–Kier alpha value is -2.79. The summed E-state index contributed by atoms with van der Waals surface area (Å²) in [5, 5.41) is 0. The van der Waals surface area contributed by atoms with E-state index in [1.165, 1.54) is 12.0 Å². The van der Waals surface area contributed by atoms with Crippen LogP contribution in [-0.2, 0) is 6.54 Å². The first-order chi connectivity index (χ1) is 13.3. The lowest BCUT2D eigenvalue weighted by molar-refractivity contribution is 0.245. The molecule has 2 heterocycles. The fourth-order valence-corrected chi connectivity index (χ4v) is 3.70. The third-order valence-electron chi connectivity index (χ3n) is 5.10. The van der Waals surface area contributed by atoms with Crippen LogP contribution in [-0.4, -0.2) is 30.6 Å². The van der Waals surface area contributed by atoms with Gasteiger partial charge in [-0.2, -0.15) is 0 Å². The van der Waals surface area contributed by atoms with Crippen LogP contribution < -0.4 is 9.47 Å². The van der Waals surface area contributed by atoms with Crippen LogP contribution >= 0.6 is 0 Å². The Bertz CT molecular complexity index is 889. The summed E-state index contributed by atoms with van der Waals surface area (Å²) < 4.78 is 16.3. The van der Waals surface area contributed by atoms with Crippen molar-refractivity contribution in [2.75, 3.05) is 20.8 Å². The maximum absolute atomic E-state index is 5.71. The Morgan fingerprint density at radius 1 is 1.07 bits per heavy atom. The Morgan fingerprint density at radius 3 is 2.67 bits per heavy atom. The molecule has 0 radical (unpaired) electrons. The topological polar surface area (TPSA) is 47.7 Å². The molecule has 0 N–H and O–H groups in total. The zero-order chi connectivity index (χ0) is 18.6. The second-order valence-electron chi connectivity index (χ2n) is 6.78. The molecule has 0 unspecified atom stereocenters. The number of rotatable bonds is 6. The van der Waals surface area contributed by atoms with Gasteiger partial charge >= 0.3 is 0 Å². The third-order valence-corrected chi connectivity index (χ3v) is 5.10. The highest BCUT2D eigenvalue weighted by atomic mass is 16.5. The maximum Gasteiger partial charge on any atom is 0.226 e. The lowest BCUT2D eigenvalue weighted by atomic mass is 10.0. The Kier molecular flexibility index (Phi) is 5.12. The van der Waals surface area contributed by atoms with E-state index >= 15 is 0 Å². The molecule has 1 fully saturated rings. The molecule has 5 nitrogen and oxygen atoms in total. The van der Waals surface area contributed by atoms with Gasteiger partial charge in [-0.15, -0.1) is 0 Å². The van der Waals surface area contributed by atoms with Crippen LogP contribution in [0.2, 0.25) is 0 Å². The number of nitrogens with zero attached hydrogens (tertiary/aromatic N) is 2. The van der Waals surface area contributed by atoms with Crippen LogP contribution in [0.1, 0.15) is 30.1 Å². The van der Waals surface area contributed by atoms with Gasteiger partial charge in [0.15, 0.2) is 0 Å². The van der Waals surface area contributed by atoms with Gasteiger partial charge in [-0.05, 0) is 61.3 Å². The zero-order valence-electron chi connectivity index (χ0n) is 15.7. The summed E-state index contributed by atoms with van der Waals surface area (Å²) in [5.74, 6) is 2.37. The summed E-state index contributed by atoms with van der Waals surface area (Å²) in [5.41, 5.74) is 3.20. The van der Waals surface area contributed by atoms with E-state index in [9.17, 15) is 0 Å². The zero-order valence-corrected chi connectivity index (χ0v) is 15.7. The first-order valence-corrected chi connectivity index (χ1v) is 9.23. The lowest BCUT2D eigenvalue weighted by Crippen LogP contribution is -2.22. The van der Waals surface area contributed by atoms with Crippen LogP contribution in [0.5, 0.6) is 11.5 Å². The van der Waals surface area contributed by atoms with Crippen LogP contribution in [0.15, 0.2) is 59.2 Å². The van der Waals surface area contributed by atoms with Crippen molar-refractivity contribution >= 4 is 0 Å². The Morgan fingerprint density at radius 2 is 1.89 bits per heavy atom. The Balaban J connectivity index is 1.49. The molecule has 0 aliphatic carbocycles. The predicted octanol–water partition coefficient (Wildman–Crippen LogP) is 4.70. The number of benzene rings is 2. The molecule has 0 bridgehead atoms. The molecule has 2 aromatic carbocycles. The minimum absolute atomic E-state index is 0.390. The van der Waals surface area contributed by atoms with E-state index in [-0.39, 0.29) is 0 Å². The molecular formula is C22H24N2O3. The van der Waals surface area contributed by atoms with E-state index in [4.69, 9.17) is 13.9 Å². The van der Waals surface area contributed by atoms with E-state index in [1.807, 2.05) is 30.3 Å². The van der Waals surface area contributed by atoms with Crippen molar-refractivity contribution in [2.45, 2.75) is 25.4 Å². The van der Waals surface area contributed by atoms with E-state index in [1.54, 1.807) is 20.5 Å². The van der Waals surface area contributed by atoms with Crippen molar-refractivity contribution in [1.82, 2.24) is 9.88 Å². The first-order valence-electron chi connectivity index (χ1n) is 9.23. The fraction of sp³-hybridized carbons (Fsp3) is 0.318. The monoisotopic (exact) mass is 364 g/mol. The number of methoxy groups -OCH3 is 2. The highest BCUT2D eigenvalue weighted by Crippen LogP contribution is 2.34. The molecule has 4 rings (SSSR count). The molecule has 0 amide bonds. The van der Waals surface area contributed by atoms with Crippen LogP contribution in [0, 0.1) is 0 Å². The van der Waals surface area contributed by atoms with E-state index in [0.717, 1.165) is 42.3 Å². The summed E-state index contributed by atoms with van der Waals surface area (Å²) in [4.78, 5) is 7.15. The van der Waals surface area contributed by atoms with E-state index < -0.39 is 0 Å². The number of oxazole rings is 1. The van der Waals surface area contributed by atoms with Gasteiger partial charge in [-0.25, -0.2) is 4.98 Å². The standard InChI is InChI=1S/C22H24N2O3/c1-25-19-10-8-16(9-11-19)22-23-18(15-27-22)14-24-12-4-7-21(24)17-5-3-6-20(13-17)26-2/h3,5-6,8-11,13,15,21H,4,7,12,14H2,1-2H3/t21-/m1/s1. The van der Waals surface area contributed by atoms with Crippen LogP contribution in [0.3, 0.4) is 0 Å². The van der Waals surface area contributed by atoms with Gasteiger partial charge in [0.25, 0.3) is 0 Å². The third kappa shape index (κ3) is 3.83. The minimum Gasteiger partial charge on any atom is -0.497 e. The predicted molar refractivity (Wildman–Crippen MR) is 104 cm³/mol. The summed E-state index contributed by atoms with van der Waals surface area (Å²) in [6.07, 6.45) is 4.10. The van der Waals surface area contributed by atoms with Crippen LogP contribution in [0.4, 0.5) is 0 Å². The maximum atomic E-state index is 5.71. The normalized spacial score (nSPS) is 17.2. The first kappa shape index (κ1) is 17.6. The van der Waals surface area contributed by atoms with Crippen molar-refractivity contribution in [3.8, 4) is 23.0 Å². The SMILES string of the molecule is COc1ccc(-c2nc(CN3CCC[C@@H]3c3cccc(OC)c3)co2)cc1. The number of likely N-dealkylation sites (tertiary alicyclic amines) is 1. The quantitative estimate of drug-likeness (QED) is 0.635. The van der Waals surface area contributed by atoms with Crippen molar-refractivity contribution in [2.24, 2.45) is 0 Å². The van der Waals surface area contributed by atoms with Crippen molar-refractivity contribution in [1.29, 1.82) is 0 Å². The van der Waals surface area contributed by atoms with Gasteiger partial charge < -0.3 is 13.9 Å². The second-order valence-corrected chi connectivity index (χ2v) is 6.78. The highest BCUT2D eigenvalue weighted by molar-refractivity contribution is 5.54. The van der Waals surface area contributed by atoms with Crippen LogP contribution in [0.25, 0.3) is 11.5 Å². The molecule has 3 aromatic rings. The van der Waals surface area contributed by atoms with E-state index in [2.05, 4.69) is 28.1 Å². The smallest absolute Gasteiger partial charge is 0.226 e. The van der Waals surface area contributed by atoms with Crippen molar-refractivity contribution < 1.29 is 13.9 Å². The average Bonchev–Trinajstić information content (AvgIpc) is 3.38. The number of hydrogen-bond acceptors (Lipinski definition) is 5. The van der Waals surface area contributed by atoms with Gasteiger partial charge in [0, 0.05) is 18.2 Å². The highest BCUT2D eigenvalue weighted by Gasteiger charge is 2.27. The van der Waals surface area contributed by atoms with Crippen molar-refractivity contribution in [3.05, 3.63) is 66.1 Å². The summed E-state index contributed by atoms with van der Waals surface area (Å²) in [7, 11) is 3.37. The minimum atomic E-state index is 0.390. The average molecular weight is 364 g/mol. The fourth-order valence-electron chi connectivity index (χ4n) is 3.70. The summed E-state index contributed by atoms with van der Waals surface area (Å²) in [6, 6.07) is 16.5. The number of hydrogen-bond donors (Lipinski definition) is 0. The molecule has 1 aromatic heterocycles. The van der Waals surface area contributed by atoms with Gasteiger partial charge in [0.2, 0.25) is 5.89 Å². The molecule has 27 heavy (non-hydrogen) atoms. The Labute approximate surface area is 159 Å². The number of ether oxygens (including phenoxy) is 2. The molecular weight excluding hydrogens is 340 g/mol. The van der Waals surface area contributed by atoms with Gasteiger partial charge in [-0.3, -0.25) is 4.90 Å². The summed E-state index contributed by atoms with van der Waals surface area (Å²) >= 11 is 0. The molecule has 1 aliphatic rings. The van der Waals surface area contributed by atoms with Crippen molar-refractivity contribution in [3.63, 3.8) is 0 Å². The molecule has 0 spiro atoms. The lowest BCUT2D eigenvalue weighted by Gasteiger charge is -2.24. The van der Waals surface area contributed by atoms with Gasteiger partial charge in [0.05, 0.1) is 19.9 Å². The van der Waals surface area contributed by atoms with Gasteiger partial charge in [-0.1, -0.05) is 12.1 Å². The van der Waals surface area contributed by atoms with Gasteiger partial charge in [0.1, 0.15) is 17.8 Å². The molecule has 1 atom stereocenters. The number of aromatic nitrogens is 1. The molecule has 0 saturated carbocycles. The summed E-state index contributed by atoms with van der Waals surface area (Å²) in [6.45, 7) is 1.84. The molecule has 140 valence electrons.